The highest BCUT2D eigenvalue weighted by atomic mass is 15.2. The summed E-state index contributed by atoms with van der Waals surface area (Å²) in [6.07, 6.45) is 2.54. The Morgan fingerprint density at radius 3 is 2.82 bits per heavy atom. The predicted molar refractivity (Wildman–Crippen MR) is 70.1 cm³/mol. The molecule has 5 nitrogen and oxygen atoms in total. The second-order valence-electron chi connectivity index (χ2n) is 4.79. The van der Waals surface area contributed by atoms with Crippen LogP contribution in [0.15, 0.2) is 0 Å². The average Bonchev–Trinajstić information content (AvgIpc) is 2.67. The smallest absolute Gasteiger partial charge is 0.134 e. The Hall–Kier alpha value is -1.36. The second-order valence-corrected chi connectivity index (χ2v) is 4.79. The van der Waals surface area contributed by atoms with Gasteiger partial charge in [0.15, 0.2) is 0 Å². The molecule has 0 aliphatic carbocycles. The fourth-order valence-corrected chi connectivity index (χ4v) is 2.27. The zero-order valence-electron chi connectivity index (χ0n) is 10.8. The van der Waals surface area contributed by atoms with Crippen LogP contribution in [-0.4, -0.2) is 41.0 Å². The lowest BCUT2D eigenvalue weighted by atomic mass is 10.2. The third-order valence-corrected chi connectivity index (χ3v) is 3.47. The van der Waals surface area contributed by atoms with Crippen LogP contribution in [0.4, 0.5) is 11.6 Å². The fraction of sp³-hybridized carbons (Fsp3) is 0.667. The Morgan fingerprint density at radius 2 is 2.18 bits per heavy atom. The Morgan fingerprint density at radius 1 is 1.41 bits per heavy atom. The van der Waals surface area contributed by atoms with E-state index in [1.54, 1.807) is 0 Å². The molecule has 1 aromatic heterocycles. The lowest BCUT2D eigenvalue weighted by molar-refractivity contribution is 0.322. The number of nitrogen functional groups attached to an aromatic ring is 1. The van der Waals surface area contributed by atoms with Gasteiger partial charge in [0, 0.05) is 18.2 Å². The summed E-state index contributed by atoms with van der Waals surface area (Å²) in [4.78, 5) is 10.9. The number of aryl methyl sites for hydroxylation is 1. The van der Waals surface area contributed by atoms with Crippen LogP contribution >= 0.6 is 0 Å². The number of nitrogens with zero attached hydrogens (tertiary/aromatic N) is 3. The van der Waals surface area contributed by atoms with E-state index in [4.69, 9.17) is 5.73 Å². The number of aromatic nitrogens is 2. The number of rotatable bonds is 3. The first-order valence-electron chi connectivity index (χ1n) is 6.12. The third kappa shape index (κ3) is 2.66. The van der Waals surface area contributed by atoms with Crippen molar-refractivity contribution >= 4 is 11.6 Å². The minimum atomic E-state index is 0.569. The third-order valence-electron chi connectivity index (χ3n) is 3.47. The molecule has 1 aliphatic heterocycles. The van der Waals surface area contributed by atoms with Crippen molar-refractivity contribution < 1.29 is 0 Å². The first-order chi connectivity index (χ1) is 8.08. The molecule has 0 saturated carbocycles. The van der Waals surface area contributed by atoms with E-state index >= 15 is 0 Å². The molecule has 1 fully saturated rings. The lowest BCUT2D eigenvalue weighted by Gasteiger charge is -2.20. The van der Waals surface area contributed by atoms with E-state index in [0.29, 0.717) is 11.9 Å². The van der Waals surface area contributed by atoms with Crippen LogP contribution in [0.5, 0.6) is 0 Å². The van der Waals surface area contributed by atoms with Crippen LogP contribution in [0.1, 0.15) is 24.2 Å². The molecule has 2 rings (SSSR count). The second kappa shape index (κ2) is 4.87. The highest BCUT2D eigenvalue weighted by Gasteiger charge is 2.20. The van der Waals surface area contributed by atoms with Crippen molar-refractivity contribution in [3.05, 3.63) is 11.4 Å². The number of hydrogen-bond donors (Lipinski definition) is 2. The maximum atomic E-state index is 5.83. The molecule has 0 bridgehead atoms. The van der Waals surface area contributed by atoms with Gasteiger partial charge in [-0.25, -0.2) is 9.97 Å². The Kier molecular flexibility index (Phi) is 3.47. The number of nitrogens with one attached hydrogen (secondary N) is 1. The molecular formula is C12H21N5. The van der Waals surface area contributed by atoms with Crippen molar-refractivity contribution in [2.75, 3.05) is 31.2 Å². The van der Waals surface area contributed by atoms with Gasteiger partial charge in [-0.05, 0) is 40.3 Å². The molecule has 0 radical (unpaired) electrons. The van der Waals surface area contributed by atoms with E-state index in [9.17, 15) is 0 Å². The van der Waals surface area contributed by atoms with E-state index in [1.807, 2.05) is 13.8 Å². The van der Waals surface area contributed by atoms with Crippen molar-refractivity contribution in [1.29, 1.82) is 0 Å². The molecule has 17 heavy (non-hydrogen) atoms. The molecule has 1 aromatic rings. The first kappa shape index (κ1) is 12.1. The van der Waals surface area contributed by atoms with Crippen LogP contribution in [0.3, 0.4) is 0 Å². The van der Waals surface area contributed by atoms with Crippen molar-refractivity contribution in [3.63, 3.8) is 0 Å². The molecule has 0 spiro atoms. The summed E-state index contributed by atoms with van der Waals surface area (Å²) >= 11 is 0. The molecule has 94 valence electrons. The Balaban J connectivity index is 2.03. The molecule has 1 aliphatic rings. The lowest BCUT2D eigenvalue weighted by Crippen LogP contribution is -2.32. The van der Waals surface area contributed by atoms with E-state index in [1.165, 1.54) is 19.4 Å². The average molecular weight is 235 g/mol. The summed E-state index contributed by atoms with van der Waals surface area (Å²) in [5.74, 6) is 2.16. The zero-order chi connectivity index (χ0) is 12.4. The van der Waals surface area contributed by atoms with Gasteiger partial charge in [-0.15, -0.1) is 0 Å². The van der Waals surface area contributed by atoms with Gasteiger partial charge < -0.3 is 16.0 Å². The Bertz CT molecular complexity index is 404. The Labute approximate surface area is 102 Å². The molecule has 1 saturated heterocycles. The first-order valence-corrected chi connectivity index (χ1v) is 6.12. The molecule has 0 aromatic carbocycles. The van der Waals surface area contributed by atoms with Crippen LogP contribution in [0, 0.1) is 13.8 Å². The minimum Gasteiger partial charge on any atom is -0.383 e. The highest BCUT2D eigenvalue weighted by Crippen LogP contribution is 2.19. The minimum absolute atomic E-state index is 0.569. The number of nitrogens with two attached hydrogens (primary N) is 1. The normalized spacial score (nSPS) is 20.8. The van der Waals surface area contributed by atoms with E-state index in [2.05, 4.69) is 27.2 Å². The van der Waals surface area contributed by atoms with E-state index in [-0.39, 0.29) is 0 Å². The SMILES string of the molecule is Cc1nc(N)c(C)c(NCC2CCCN2C)n1. The molecule has 0 amide bonds. The number of likely N-dealkylation sites (N-methyl/N-ethyl adjacent to an activating group) is 1. The van der Waals surface area contributed by atoms with Gasteiger partial charge in [-0.1, -0.05) is 0 Å². The van der Waals surface area contributed by atoms with Gasteiger partial charge in [0.2, 0.25) is 0 Å². The van der Waals surface area contributed by atoms with Crippen LogP contribution in [-0.2, 0) is 0 Å². The quantitative estimate of drug-likeness (QED) is 0.823. The maximum absolute atomic E-state index is 5.83. The fourth-order valence-electron chi connectivity index (χ4n) is 2.27. The predicted octanol–water partition coefficient (Wildman–Crippen LogP) is 1.18. The summed E-state index contributed by atoms with van der Waals surface area (Å²) in [6.45, 7) is 5.93. The topological polar surface area (TPSA) is 67.1 Å². The van der Waals surface area contributed by atoms with Crippen molar-refractivity contribution in [3.8, 4) is 0 Å². The van der Waals surface area contributed by atoms with Gasteiger partial charge in [-0.2, -0.15) is 0 Å². The highest BCUT2D eigenvalue weighted by molar-refractivity contribution is 5.54. The van der Waals surface area contributed by atoms with Crippen LogP contribution in [0.25, 0.3) is 0 Å². The monoisotopic (exact) mass is 235 g/mol. The van der Waals surface area contributed by atoms with Gasteiger partial charge in [-0.3, -0.25) is 0 Å². The summed E-state index contributed by atoms with van der Waals surface area (Å²) in [5.41, 5.74) is 6.77. The standard InChI is InChI=1S/C12H21N5/c1-8-11(13)15-9(2)16-12(8)14-7-10-5-4-6-17(10)3/h10H,4-7H2,1-3H3,(H3,13,14,15,16). The molecule has 3 N–H and O–H groups in total. The number of likely N-dealkylation sites (tertiary alicyclic amines) is 1. The maximum Gasteiger partial charge on any atom is 0.134 e. The molecular weight excluding hydrogens is 214 g/mol. The number of hydrogen-bond acceptors (Lipinski definition) is 5. The summed E-state index contributed by atoms with van der Waals surface area (Å²) in [6, 6.07) is 0.603. The largest absolute Gasteiger partial charge is 0.383 e. The van der Waals surface area contributed by atoms with Crippen LogP contribution in [0.2, 0.25) is 0 Å². The molecule has 5 heteroatoms. The van der Waals surface area contributed by atoms with Crippen molar-refractivity contribution in [2.24, 2.45) is 0 Å². The molecule has 1 atom stereocenters. The van der Waals surface area contributed by atoms with E-state index < -0.39 is 0 Å². The van der Waals surface area contributed by atoms with E-state index in [0.717, 1.165) is 23.8 Å². The summed E-state index contributed by atoms with van der Waals surface area (Å²) in [5, 5.41) is 3.39. The van der Waals surface area contributed by atoms with Gasteiger partial charge in [0.25, 0.3) is 0 Å². The molecule has 1 unspecified atom stereocenters. The van der Waals surface area contributed by atoms with Gasteiger partial charge in [0.1, 0.15) is 17.5 Å². The van der Waals surface area contributed by atoms with Crippen molar-refractivity contribution in [2.45, 2.75) is 32.7 Å². The summed E-state index contributed by atoms with van der Waals surface area (Å²) < 4.78 is 0. The van der Waals surface area contributed by atoms with Crippen LogP contribution < -0.4 is 11.1 Å². The van der Waals surface area contributed by atoms with Crippen molar-refractivity contribution in [1.82, 2.24) is 14.9 Å². The number of anilines is 2. The molecule has 2 heterocycles. The van der Waals surface area contributed by atoms with Gasteiger partial charge >= 0.3 is 0 Å². The van der Waals surface area contributed by atoms with Gasteiger partial charge in [0.05, 0.1) is 0 Å². The zero-order valence-corrected chi connectivity index (χ0v) is 10.8. The summed E-state index contributed by atoms with van der Waals surface area (Å²) in [7, 11) is 2.17.